The van der Waals surface area contributed by atoms with Crippen molar-refractivity contribution in [1.82, 2.24) is 9.80 Å². The lowest BCUT2D eigenvalue weighted by Crippen LogP contribution is -2.50. The fraction of sp³-hybridized carbons (Fsp3) is 0.680. The molecule has 1 spiro atoms. The third kappa shape index (κ3) is 3.41. The number of fused-ring (bicyclic) bond motifs is 6. The average molecular weight is 440 g/mol. The Labute approximate surface area is 189 Å². The Kier molecular flexibility index (Phi) is 5.14. The molecule has 1 saturated carbocycles. The van der Waals surface area contributed by atoms with E-state index >= 15 is 0 Å². The van der Waals surface area contributed by atoms with Gasteiger partial charge in [-0.05, 0) is 69.2 Å². The van der Waals surface area contributed by atoms with Crippen LogP contribution in [0.25, 0.3) is 0 Å². The van der Waals surface area contributed by atoms with Gasteiger partial charge in [-0.2, -0.15) is 0 Å². The molecule has 7 nitrogen and oxygen atoms in total. The van der Waals surface area contributed by atoms with E-state index in [0.29, 0.717) is 25.2 Å². The van der Waals surface area contributed by atoms with E-state index in [0.717, 1.165) is 63.8 Å². The highest BCUT2D eigenvalue weighted by Crippen LogP contribution is 2.46. The molecule has 172 valence electrons. The third-order valence-corrected chi connectivity index (χ3v) is 8.64. The summed E-state index contributed by atoms with van der Waals surface area (Å²) in [6.45, 7) is 3.92. The molecular formula is C25H33N3O4. The Morgan fingerprint density at radius 2 is 1.94 bits per heavy atom. The number of nitrogens with zero attached hydrogens (tertiary/aromatic N) is 2. The van der Waals surface area contributed by atoms with Crippen LogP contribution in [0.3, 0.4) is 0 Å². The van der Waals surface area contributed by atoms with Gasteiger partial charge in [0.25, 0.3) is 0 Å². The monoisotopic (exact) mass is 439 g/mol. The molecule has 0 radical (unpaired) electrons. The lowest BCUT2D eigenvalue weighted by molar-refractivity contribution is -0.122. The maximum atomic E-state index is 12.9. The van der Waals surface area contributed by atoms with E-state index in [1.807, 2.05) is 23.1 Å². The number of carbonyl (C=O) groups excluding carboxylic acids is 2. The maximum Gasteiger partial charge on any atom is 0.410 e. The number of hydrogen-bond acceptors (Lipinski definition) is 5. The summed E-state index contributed by atoms with van der Waals surface area (Å²) in [5.74, 6) is 0.710. The highest BCUT2D eigenvalue weighted by molar-refractivity contribution is 6.06. The minimum absolute atomic E-state index is 0.0844. The summed E-state index contributed by atoms with van der Waals surface area (Å²) in [6.07, 6.45) is 6.75. The summed E-state index contributed by atoms with van der Waals surface area (Å²) in [7, 11) is 0. The third-order valence-electron chi connectivity index (χ3n) is 8.64. The van der Waals surface area contributed by atoms with Gasteiger partial charge in [-0.1, -0.05) is 18.2 Å². The van der Waals surface area contributed by atoms with E-state index in [4.69, 9.17) is 9.47 Å². The van der Waals surface area contributed by atoms with Crippen molar-refractivity contribution in [2.24, 2.45) is 5.92 Å². The van der Waals surface area contributed by atoms with Gasteiger partial charge in [0.15, 0.2) is 0 Å². The second kappa shape index (κ2) is 8.03. The second-order valence-corrected chi connectivity index (χ2v) is 10.4. The Morgan fingerprint density at radius 1 is 1.09 bits per heavy atom. The first-order chi connectivity index (χ1) is 15.6. The molecule has 2 amide bonds. The lowest BCUT2D eigenvalue weighted by atomic mass is 9.73. The Balaban J connectivity index is 1.12. The molecule has 4 saturated heterocycles. The number of benzene rings is 1. The number of likely N-dealkylation sites (tertiary alicyclic amines) is 1. The molecule has 1 aromatic rings. The zero-order valence-corrected chi connectivity index (χ0v) is 18.6. The van der Waals surface area contributed by atoms with Gasteiger partial charge in [0.2, 0.25) is 5.91 Å². The number of hydrogen-bond donors (Lipinski definition) is 1. The zero-order valence-electron chi connectivity index (χ0n) is 18.6. The van der Waals surface area contributed by atoms with Crippen molar-refractivity contribution in [3.63, 3.8) is 0 Å². The van der Waals surface area contributed by atoms with Crippen molar-refractivity contribution in [3.05, 3.63) is 29.8 Å². The van der Waals surface area contributed by atoms with Gasteiger partial charge in [-0.25, -0.2) is 4.79 Å². The average Bonchev–Trinajstić information content (AvgIpc) is 3.28. The molecule has 3 unspecified atom stereocenters. The standard InChI is InChI=1S/C25H33N3O4/c29-23-25(21-3-1-2-4-22(21)26-23)8-10-27(11-9-25)19-13-17-5-6-18(14-19)28(15-17)24(30)32-20-7-12-31-16-20/h1-4,17-20H,5-16H2,(H,26,29)/t17?,18?,19?,20-/m1/s1. The predicted molar refractivity (Wildman–Crippen MR) is 120 cm³/mol. The minimum atomic E-state index is -0.365. The van der Waals surface area contributed by atoms with E-state index in [1.165, 1.54) is 12.0 Å². The van der Waals surface area contributed by atoms with Crippen LogP contribution in [0.5, 0.6) is 0 Å². The van der Waals surface area contributed by atoms with Crippen LogP contribution in [-0.4, -0.2) is 72.8 Å². The van der Waals surface area contributed by atoms with Gasteiger partial charge in [0.1, 0.15) is 6.10 Å². The molecular weight excluding hydrogens is 406 g/mol. The Morgan fingerprint density at radius 3 is 2.75 bits per heavy atom. The number of anilines is 1. The van der Waals surface area contributed by atoms with Crippen LogP contribution in [0.15, 0.2) is 24.3 Å². The number of rotatable bonds is 2. The van der Waals surface area contributed by atoms with Crippen molar-refractivity contribution < 1.29 is 19.1 Å². The summed E-state index contributed by atoms with van der Waals surface area (Å²) in [6, 6.07) is 8.92. The summed E-state index contributed by atoms with van der Waals surface area (Å²) < 4.78 is 11.1. The van der Waals surface area contributed by atoms with Crippen molar-refractivity contribution >= 4 is 17.7 Å². The van der Waals surface area contributed by atoms with Crippen LogP contribution < -0.4 is 5.32 Å². The highest BCUT2D eigenvalue weighted by Gasteiger charge is 2.50. The van der Waals surface area contributed by atoms with E-state index in [9.17, 15) is 9.59 Å². The molecule has 32 heavy (non-hydrogen) atoms. The van der Waals surface area contributed by atoms with Gasteiger partial charge >= 0.3 is 6.09 Å². The smallest absolute Gasteiger partial charge is 0.410 e. The van der Waals surface area contributed by atoms with E-state index in [1.54, 1.807) is 0 Å². The highest BCUT2D eigenvalue weighted by atomic mass is 16.6. The van der Waals surface area contributed by atoms with E-state index in [-0.39, 0.29) is 29.6 Å². The molecule has 7 rings (SSSR count). The van der Waals surface area contributed by atoms with Crippen LogP contribution in [0.2, 0.25) is 0 Å². The van der Waals surface area contributed by atoms with Crippen molar-refractivity contribution in [2.45, 2.75) is 68.5 Å². The second-order valence-electron chi connectivity index (χ2n) is 10.4. The number of amides is 2. The maximum absolute atomic E-state index is 12.9. The van der Waals surface area contributed by atoms with Gasteiger partial charge < -0.3 is 24.6 Å². The summed E-state index contributed by atoms with van der Waals surface area (Å²) in [5, 5.41) is 3.11. The Hall–Kier alpha value is -2.12. The van der Waals surface area contributed by atoms with Gasteiger partial charge in [0, 0.05) is 30.7 Å². The Bertz CT molecular complexity index is 891. The first kappa shape index (κ1) is 20.5. The number of ether oxygens (including phenoxy) is 2. The largest absolute Gasteiger partial charge is 0.444 e. The predicted octanol–water partition coefficient (Wildman–Crippen LogP) is 3.14. The molecule has 0 aromatic heterocycles. The number of nitrogens with one attached hydrogen (secondary N) is 1. The van der Waals surface area contributed by atoms with E-state index in [2.05, 4.69) is 16.3 Å². The molecule has 6 aliphatic rings. The zero-order chi connectivity index (χ0) is 21.7. The summed E-state index contributed by atoms with van der Waals surface area (Å²) >= 11 is 0. The number of carbonyl (C=O) groups is 2. The summed E-state index contributed by atoms with van der Waals surface area (Å²) in [5.41, 5.74) is 1.80. The van der Waals surface area contributed by atoms with Crippen molar-refractivity contribution in [1.29, 1.82) is 0 Å². The first-order valence-electron chi connectivity index (χ1n) is 12.3. The van der Waals surface area contributed by atoms with Crippen LogP contribution in [-0.2, 0) is 19.7 Å². The first-order valence-corrected chi connectivity index (χ1v) is 12.3. The summed E-state index contributed by atoms with van der Waals surface area (Å²) in [4.78, 5) is 30.4. The normalized spacial score (nSPS) is 33.8. The fourth-order valence-electron chi connectivity index (χ4n) is 6.81. The number of piperidine rings is 2. The van der Waals surface area contributed by atoms with Crippen molar-refractivity contribution in [2.75, 3.05) is 38.2 Å². The lowest BCUT2D eigenvalue weighted by Gasteiger charge is -2.42. The van der Waals surface area contributed by atoms with Gasteiger partial charge in [-0.3, -0.25) is 4.79 Å². The molecule has 5 aliphatic heterocycles. The molecule has 4 atom stereocenters. The van der Waals surface area contributed by atoms with Crippen LogP contribution in [0, 0.1) is 5.92 Å². The van der Waals surface area contributed by atoms with Crippen LogP contribution in [0.1, 0.15) is 50.5 Å². The van der Waals surface area contributed by atoms with Gasteiger partial charge in [0.05, 0.1) is 18.6 Å². The topological polar surface area (TPSA) is 71.1 Å². The molecule has 1 aromatic carbocycles. The van der Waals surface area contributed by atoms with Gasteiger partial charge in [-0.15, -0.1) is 0 Å². The molecule has 1 aliphatic carbocycles. The van der Waals surface area contributed by atoms with Crippen LogP contribution in [0.4, 0.5) is 10.5 Å². The molecule has 5 fully saturated rings. The van der Waals surface area contributed by atoms with Crippen LogP contribution >= 0.6 is 0 Å². The molecule has 5 heterocycles. The minimum Gasteiger partial charge on any atom is -0.444 e. The number of para-hydroxylation sites is 1. The quantitative estimate of drug-likeness (QED) is 0.767. The molecule has 7 heteroatoms. The van der Waals surface area contributed by atoms with Crippen molar-refractivity contribution in [3.8, 4) is 0 Å². The molecule has 1 N–H and O–H groups in total. The van der Waals surface area contributed by atoms with E-state index < -0.39 is 0 Å². The SMILES string of the molecule is O=C(O[C@@H]1CCOC1)N1CC2CCC1CC(N1CCC3(CC1)C(=O)Nc1ccccc13)C2. The molecule has 2 bridgehead atoms. The fourth-order valence-corrected chi connectivity index (χ4v) is 6.81.